The quantitative estimate of drug-likeness (QED) is 0.895. The molecule has 0 amide bonds. The van der Waals surface area contributed by atoms with Crippen molar-refractivity contribution in [3.63, 3.8) is 0 Å². The molecule has 0 spiro atoms. The molecule has 0 aliphatic carbocycles. The molecule has 0 unspecified atom stereocenters. The first kappa shape index (κ1) is 14.5. The number of nitrogens with one attached hydrogen (secondary N) is 1. The summed E-state index contributed by atoms with van der Waals surface area (Å²) in [6.07, 6.45) is 3.55. The van der Waals surface area contributed by atoms with E-state index in [-0.39, 0.29) is 11.1 Å². The lowest BCUT2D eigenvalue weighted by atomic mass is 9.81. The summed E-state index contributed by atoms with van der Waals surface area (Å²) in [7, 11) is 0. The summed E-state index contributed by atoms with van der Waals surface area (Å²) in [5.41, 5.74) is 1.69. The van der Waals surface area contributed by atoms with E-state index in [0.717, 1.165) is 25.9 Å². The molecular formula is C17H27NO. The van der Waals surface area contributed by atoms with Gasteiger partial charge < -0.3 is 10.1 Å². The third kappa shape index (κ3) is 4.63. The lowest BCUT2D eigenvalue weighted by Gasteiger charge is -2.46. The first-order valence-corrected chi connectivity index (χ1v) is 7.31. The number of hydrogen-bond donors (Lipinski definition) is 1. The van der Waals surface area contributed by atoms with E-state index in [9.17, 15) is 0 Å². The Kier molecular flexibility index (Phi) is 4.32. The zero-order valence-electron chi connectivity index (χ0n) is 12.7. The van der Waals surface area contributed by atoms with Crippen molar-refractivity contribution in [3.8, 4) is 0 Å². The Hall–Kier alpha value is -0.860. The molecule has 1 N–H and O–H groups in total. The van der Waals surface area contributed by atoms with Gasteiger partial charge in [0.15, 0.2) is 0 Å². The van der Waals surface area contributed by atoms with Gasteiger partial charge in [0.2, 0.25) is 0 Å². The maximum absolute atomic E-state index is 6.12. The molecule has 0 saturated carbocycles. The van der Waals surface area contributed by atoms with Gasteiger partial charge in [0.1, 0.15) is 0 Å². The minimum Gasteiger partial charge on any atom is -0.378 e. The first-order chi connectivity index (χ1) is 8.86. The summed E-state index contributed by atoms with van der Waals surface area (Å²) in [5.74, 6) is 0. The second-order valence-corrected chi connectivity index (χ2v) is 7.03. The Bertz CT molecular complexity index is 381. The van der Waals surface area contributed by atoms with Gasteiger partial charge in [0, 0.05) is 11.1 Å². The molecule has 1 aromatic rings. The van der Waals surface area contributed by atoms with E-state index in [1.807, 2.05) is 0 Å². The topological polar surface area (TPSA) is 21.3 Å². The molecule has 1 heterocycles. The highest BCUT2D eigenvalue weighted by molar-refractivity contribution is 5.14. The van der Waals surface area contributed by atoms with Gasteiger partial charge in [-0.2, -0.15) is 0 Å². The van der Waals surface area contributed by atoms with Crippen LogP contribution in [-0.2, 0) is 11.2 Å². The van der Waals surface area contributed by atoms with Crippen molar-refractivity contribution in [3.05, 3.63) is 35.9 Å². The summed E-state index contributed by atoms with van der Waals surface area (Å²) in [4.78, 5) is 0. The maximum Gasteiger partial charge on any atom is 0.0610 e. The SMILES string of the molecule is CC1(C)CC(OCCc2ccccc2)CC(C)(C)N1. The van der Waals surface area contributed by atoms with Crippen LogP contribution < -0.4 is 5.32 Å². The van der Waals surface area contributed by atoms with Crippen molar-refractivity contribution in [2.45, 2.75) is 64.1 Å². The van der Waals surface area contributed by atoms with Gasteiger partial charge in [0.25, 0.3) is 0 Å². The summed E-state index contributed by atoms with van der Waals surface area (Å²) in [6.45, 7) is 9.88. The van der Waals surface area contributed by atoms with Crippen LogP contribution in [0.1, 0.15) is 46.1 Å². The predicted molar refractivity (Wildman–Crippen MR) is 80.4 cm³/mol. The van der Waals surface area contributed by atoms with Crippen LogP contribution in [0.15, 0.2) is 30.3 Å². The van der Waals surface area contributed by atoms with Crippen molar-refractivity contribution in [2.75, 3.05) is 6.61 Å². The standard InChI is InChI=1S/C17H27NO/c1-16(2)12-15(13-17(3,4)18-16)19-11-10-14-8-6-5-7-9-14/h5-9,15,18H,10-13H2,1-4H3. The monoisotopic (exact) mass is 261 g/mol. The van der Waals surface area contributed by atoms with Crippen LogP contribution in [0.25, 0.3) is 0 Å². The van der Waals surface area contributed by atoms with Gasteiger partial charge in [-0.15, -0.1) is 0 Å². The Balaban J connectivity index is 1.82. The van der Waals surface area contributed by atoms with Crippen LogP contribution >= 0.6 is 0 Å². The number of rotatable bonds is 4. The zero-order valence-corrected chi connectivity index (χ0v) is 12.7. The number of benzene rings is 1. The third-order valence-electron chi connectivity index (χ3n) is 3.74. The molecule has 0 bridgehead atoms. The van der Waals surface area contributed by atoms with E-state index in [1.54, 1.807) is 0 Å². The molecule has 2 rings (SSSR count). The first-order valence-electron chi connectivity index (χ1n) is 7.31. The Morgan fingerprint density at radius 3 is 2.21 bits per heavy atom. The Morgan fingerprint density at radius 2 is 1.63 bits per heavy atom. The largest absolute Gasteiger partial charge is 0.378 e. The van der Waals surface area contributed by atoms with Gasteiger partial charge >= 0.3 is 0 Å². The van der Waals surface area contributed by atoms with Crippen LogP contribution in [0.3, 0.4) is 0 Å². The fourth-order valence-corrected chi connectivity index (χ4v) is 3.33. The van der Waals surface area contributed by atoms with E-state index in [2.05, 4.69) is 63.3 Å². The second kappa shape index (κ2) is 5.64. The summed E-state index contributed by atoms with van der Waals surface area (Å²) in [5, 5.41) is 3.69. The van der Waals surface area contributed by atoms with Crippen LogP contribution in [0.2, 0.25) is 0 Å². The summed E-state index contributed by atoms with van der Waals surface area (Å²) in [6, 6.07) is 10.6. The van der Waals surface area contributed by atoms with Gasteiger partial charge in [-0.05, 0) is 52.5 Å². The van der Waals surface area contributed by atoms with E-state index in [0.29, 0.717) is 6.10 Å². The van der Waals surface area contributed by atoms with Crippen LogP contribution in [0, 0.1) is 0 Å². The second-order valence-electron chi connectivity index (χ2n) is 7.03. The average molecular weight is 261 g/mol. The summed E-state index contributed by atoms with van der Waals surface area (Å²) < 4.78 is 6.12. The predicted octanol–water partition coefficient (Wildman–Crippen LogP) is 3.55. The molecule has 1 fully saturated rings. The van der Waals surface area contributed by atoms with Crippen molar-refractivity contribution in [1.82, 2.24) is 5.32 Å². The highest BCUT2D eigenvalue weighted by atomic mass is 16.5. The fourth-order valence-electron chi connectivity index (χ4n) is 3.33. The molecule has 106 valence electrons. The van der Waals surface area contributed by atoms with Gasteiger partial charge in [-0.3, -0.25) is 0 Å². The van der Waals surface area contributed by atoms with E-state index >= 15 is 0 Å². The van der Waals surface area contributed by atoms with E-state index in [1.165, 1.54) is 5.56 Å². The smallest absolute Gasteiger partial charge is 0.0610 e. The highest BCUT2D eigenvalue weighted by Gasteiger charge is 2.37. The average Bonchev–Trinajstić information content (AvgIpc) is 2.26. The molecule has 1 saturated heterocycles. The van der Waals surface area contributed by atoms with Crippen LogP contribution in [0.4, 0.5) is 0 Å². The lowest BCUT2D eigenvalue weighted by Crippen LogP contribution is -2.59. The summed E-state index contributed by atoms with van der Waals surface area (Å²) >= 11 is 0. The van der Waals surface area contributed by atoms with Crippen molar-refractivity contribution in [1.29, 1.82) is 0 Å². The fraction of sp³-hybridized carbons (Fsp3) is 0.647. The zero-order chi connectivity index (χ0) is 13.9. The molecule has 1 aliphatic rings. The van der Waals surface area contributed by atoms with E-state index < -0.39 is 0 Å². The van der Waals surface area contributed by atoms with Gasteiger partial charge in [-0.1, -0.05) is 30.3 Å². The van der Waals surface area contributed by atoms with Gasteiger partial charge in [0.05, 0.1) is 12.7 Å². The number of ether oxygens (including phenoxy) is 1. The molecule has 1 aliphatic heterocycles. The molecule has 2 heteroatoms. The molecule has 0 radical (unpaired) electrons. The van der Waals surface area contributed by atoms with Crippen molar-refractivity contribution < 1.29 is 4.74 Å². The Morgan fingerprint density at radius 1 is 1.05 bits per heavy atom. The number of piperidine rings is 1. The van der Waals surface area contributed by atoms with Crippen LogP contribution in [0.5, 0.6) is 0 Å². The van der Waals surface area contributed by atoms with Crippen molar-refractivity contribution >= 4 is 0 Å². The van der Waals surface area contributed by atoms with Gasteiger partial charge in [-0.25, -0.2) is 0 Å². The lowest BCUT2D eigenvalue weighted by molar-refractivity contribution is -0.0203. The van der Waals surface area contributed by atoms with Crippen molar-refractivity contribution in [2.24, 2.45) is 0 Å². The molecule has 0 aromatic heterocycles. The molecule has 19 heavy (non-hydrogen) atoms. The minimum atomic E-state index is 0.166. The third-order valence-corrected chi connectivity index (χ3v) is 3.74. The molecule has 1 aromatic carbocycles. The highest BCUT2D eigenvalue weighted by Crippen LogP contribution is 2.30. The Labute approximate surface area is 117 Å². The molecule has 0 atom stereocenters. The molecule has 2 nitrogen and oxygen atoms in total. The minimum absolute atomic E-state index is 0.166. The number of hydrogen-bond acceptors (Lipinski definition) is 2. The van der Waals surface area contributed by atoms with E-state index in [4.69, 9.17) is 4.74 Å². The molecular weight excluding hydrogens is 234 g/mol. The maximum atomic E-state index is 6.12. The van der Waals surface area contributed by atoms with Crippen LogP contribution in [-0.4, -0.2) is 23.8 Å². The normalized spacial score (nSPS) is 22.3.